The zero-order chi connectivity index (χ0) is 23.5. The zero-order valence-electron chi connectivity index (χ0n) is 16.1. The highest BCUT2D eigenvalue weighted by Gasteiger charge is 2.44. The fourth-order valence-corrected chi connectivity index (χ4v) is 2.93. The number of nitrogens with zero attached hydrogens (tertiary/aromatic N) is 2. The molecule has 0 saturated carbocycles. The highest BCUT2D eigenvalue weighted by Crippen LogP contribution is 2.35. The maximum atomic E-state index is 13.6. The van der Waals surface area contributed by atoms with Crippen molar-refractivity contribution in [3.8, 4) is 0 Å². The molecular weight excluding hydrogens is 438 g/mol. The minimum atomic E-state index is -5.14. The molecule has 0 aliphatic carbocycles. The summed E-state index contributed by atoms with van der Waals surface area (Å²) in [7, 11) is 0. The molecule has 3 rings (SSSR count). The highest BCUT2D eigenvalue weighted by atomic mass is 19.4. The van der Waals surface area contributed by atoms with E-state index in [4.69, 9.17) is 0 Å². The van der Waals surface area contributed by atoms with E-state index in [-0.39, 0.29) is 11.1 Å². The summed E-state index contributed by atoms with van der Waals surface area (Å²) in [5, 5.41) is 0. The quantitative estimate of drug-likeness (QED) is 0.359. The smallest absolute Gasteiger partial charge is 0.268 e. The van der Waals surface area contributed by atoms with Gasteiger partial charge in [-0.2, -0.15) is 0 Å². The molecule has 0 fully saturated rings. The Kier molecular flexibility index (Phi) is 6.24. The van der Waals surface area contributed by atoms with E-state index in [1.165, 1.54) is 60.7 Å². The summed E-state index contributed by atoms with van der Waals surface area (Å²) in [5.74, 6) is -2.81. The summed E-state index contributed by atoms with van der Waals surface area (Å²) in [6, 6.07) is 16.0. The number of benzene rings is 3. The van der Waals surface area contributed by atoms with Gasteiger partial charge < -0.3 is 0 Å². The molecule has 0 radical (unpaired) electrons. The number of hydrogen-bond acceptors (Lipinski definition) is 2. The monoisotopic (exact) mass is 452 g/mol. The first-order chi connectivity index (χ1) is 15.0. The van der Waals surface area contributed by atoms with E-state index in [9.17, 15) is 35.9 Å². The molecule has 0 atom stereocenters. The normalized spacial score (nSPS) is 11.7. The van der Waals surface area contributed by atoms with Crippen LogP contribution in [-0.4, -0.2) is 24.4 Å². The second kappa shape index (κ2) is 8.74. The Bertz CT molecular complexity index is 993. The van der Waals surface area contributed by atoms with Gasteiger partial charge in [0.1, 0.15) is 0 Å². The van der Waals surface area contributed by atoms with Crippen molar-refractivity contribution in [2.24, 2.45) is 0 Å². The van der Waals surface area contributed by atoms with Crippen molar-refractivity contribution in [3.05, 3.63) is 96.1 Å². The average molecular weight is 452 g/mol. The van der Waals surface area contributed by atoms with Gasteiger partial charge in [0, 0.05) is 11.1 Å². The topological polar surface area (TPSA) is 40.6 Å². The number of amides is 2. The number of halogens is 6. The van der Waals surface area contributed by atoms with Gasteiger partial charge in [0.2, 0.25) is 0 Å². The summed E-state index contributed by atoms with van der Waals surface area (Å²) in [6.45, 7) is 0. The van der Waals surface area contributed by atoms with Crippen molar-refractivity contribution in [2.75, 3.05) is 9.80 Å². The van der Waals surface area contributed by atoms with Gasteiger partial charge in [0.15, 0.2) is 0 Å². The minimum Gasteiger partial charge on any atom is -0.268 e. The molecular formula is C22H14F6N2O2. The van der Waals surface area contributed by atoms with Gasteiger partial charge >= 0.3 is 12.6 Å². The zero-order valence-corrected chi connectivity index (χ0v) is 16.1. The van der Waals surface area contributed by atoms with Gasteiger partial charge in [-0.1, -0.05) is 36.4 Å². The van der Waals surface area contributed by atoms with Crippen LogP contribution in [0, 0.1) is 0 Å². The molecule has 0 aliphatic rings. The SMILES string of the molecule is O=C(c1ccccc1)N(c1ccc(N(C(=O)c2ccccc2)C(F)(F)F)cc1)C(F)(F)F. The first-order valence-corrected chi connectivity index (χ1v) is 9.03. The van der Waals surface area contributed by atoms with Gasteiger partial charge in [-0.3, -0.25) is 9.59 Å². The van der Waals surface area contributed by atoms with Crippen LogP contribution >= 0.6 is 0 Å². The van der Waals surface area contributed by atoms with E-state index in [2.05, 4.69) is 0 Å². The average Bonchev–Trinajstić information content (AvgIpc) is 2.74. The molecule has 2 amide bonds. The summed E-state index contributed by atoms with van der Waals surface area (Å²) >= 11 is 0. The van der Waals surface area contributed by atoms with Crippen LogP contribution in [0.15, 0.2) is 84.9 Å². The molecule has 4 nitrogen and oxygen atoms in total. The maximum absolute atomic E-state index is 13.6. The maximum Gasteiger partial charge on any atom is 0.491 e. The van der Waals surface area contributed by atoms with Gasteiger partial charge in [-0.25, -0.2) is 9.80 Å². The first kappa shape index (κ1) is 22.9. The fraction of sp³-hybridized carbons (Fsp3) is 0.0909. The third kappa shape index (κ3) is 4.90. The number of hydrogen-bond donors (Lipinski definition) is 0. The molecule has 0 heterocycles. The Morgan fingerprint density at radius 3 is 1.03 bits per heavy atom. The molecule has 0 N–H and O–H groups in total. The second-order valence-corrected chi connectivity index (χ2v) is 6.47. The van der Waals surface area contributed by atoms with Crippen molar-refractivity contribution in [3.63, 3.8) is 0 Å². The Morgan fingerprint density at radius 1 is 0.500 bits per heavy atom. The van der Waals surface area contributed by atoms with Crippen molar-refractivity contribution in [1.29, 1.82) is 0 Å². The van der Waals surface area contributed by atoms with Crippen LogP contribution in [0.4, 0.5) is 37.7 Å². The molecule has 0 unspecified atom stereocenters. The Morgan fingerprint density at radius 2 is 0.781 bits per heavy atom. The third-order valence-electron chi connectivity index (χ3n) is 4.32. The highest BCUT2D eigenvalue weighted by molar-refractivity contribution is 6.08. The summed E-state index contributed by atoms with van der Waals surface area (Å²) in [4.78, 5) is 23.9. The molecule has 32 heavy (non-hydrogen) atoms. The lowest BCUT2D eigenvalue weighted by Gasteiger charge is -2.27. The van der Waals surface area contributed by atoms with E-state index in [0.29, 0.717) is 24.3 Å². The minimum absolute atomic E-state index is 0.259. The Hall–Kier alpha value is -3.82. The first-order valence-electron chi connectivity index (χ1n) is 9.03. The van der Waals surface area contributed by atoms with Crippen LogP contribution in [0.3, 0.4) is 0 Å². The van der Waals surface area contributed by atoms with E-state index in [1.807, 2.05) is 0 Å². The van der Waals surface area contributed by atoms with Crippen molar-refractivity contribution < 1.29 is 35.9 Å². The summed E-state index contributed by atoms with van der Waals surface area (Å²) < 4.78 is 81.6. The van der Waals surface area contributed by atoms with Crippen LogP contribution in [0.5, 0.6) is 0 Å². The van der Waals surface area contributed by atoms with Crippen LogP contribution in [-0.2, 0) is 0 Å². The number of alkyl halides is 6. The fourth-order valence-electron chi connectivity index (χ4n) is 2.93. The lowest BCUT2D eigenvalue weighted by molar-refractivity contribution is -0.123. The van der Waals surface area contributed by atoms with Crippen LogP contribution in [0.1, 0.15) is 20.7 Å². The summed E-state index contributed by atoms with van der Waals surface area (Å²) in [6.07, 6.45) is -10.3. The lowest BCUT2D eigenvalue weighted by Crippen LogP contribution is -2.44. The van der Waals surface area contributed by atoms with Crippen molar-refractivity contribution in [1.82, 2.24) is 0 Å². The molecule has 3 aromatic carbocycles. The lowest BCUT2D eigenvalue weighted by atomic mass is 10.1. The van der Waals surface area contributed by atoms with Crippen molar-refractivity contribution >= 4 is 23.2 Å². The van der Waals surface area contributed by atoms with Crippen LogP contribution in [0.2, 0.25) is 0 Å². The van der Waals surface area contributed by atoms with Gasteiger partial charge in [0.05, 0.1) is 11.4 Å². The molecule has 0 aliphatic heterocycles. The number of carbonyl (C=O) groups excluding carboxylic acids is 2. The molecule has 0 bridgehead atoms. The predicted octanol–water partition coefficient (Wildman–Crippen LogP) is 6.02. The molecule has 166 valence electrons. The van der Waals surface area contributed by atoms with Gasteiger partial charge in [-0.15, -0.1) is 26.3 Å². The number of anilines is 2. The Balaban J connectivity index is 1.99. The number of carbonyl (C=O) groups is 2. The van der Waals surface area contributed by atoms with E-state index >= 15 is 0 Å². The molecule has 0 spiro atoms. The van der Waals surface area contributed by atoms with Crippen LogP contribution in [0.25, 0.3) is 0 Å². The van der Waals surface area contributed by atoms with E-state index in [0.717, 1.165) is 0 Å². The largest absolute Gasteiger partial charge is 0.491 e. The molecule has 0 aromatic heterocycles. The second-order valence-electron chi connectivity index (χ2n) is 6.47. The molecule has 10 heteroatoms. The van der Waals surface area contributed by atoms with E-state index < -0.39 is 45.6 Å². The third-order valence-corrected chi connectivity index (χ3v) is 4.32. The van der Waals surface area contributed by atoms with Crippen LogP contribution < -0.4 is 9.80 Å². The van der Waals surface area contributed by atoms with Gasteiger partial charge in [-0.05, 0) is 48.5 Å². The number of rotatable bonds is 4. The predicted molar refractivity (Wildman–Crippen MR) is 105 cm³/mol. The van der Waals surface area contributed by atoms with Gasteiger partial charge in [0.25, 0.3) is 11.8 Å². The summed E-state index contributed by atoms with van der Waals surface area (Å²) in [5.41, 5.74) is -1.93. The molecule has 0 saturated heterocycles. The van der Waals surface area contributed by atoms with E-state index in [1.54, 1.807) is 0 Å². The standard InChI is InChI=1S/C22H14F6N2O2/c23-21(24,25)29(19(31)15-7-3-1-4-8-15)17-11-13-18(14-12-17)30(22(26,27)28)20(32)16-9-5-2-6-10-16/h1-14H. The Labute approximate surface area is 178 Å². The molecule has 3 aromatic rings. The van der Waals surface area contributed by atoms with Crippen molar-refractivity contribution in [2.45, 2.75) is 12.6 Å².